The van der Waals surface area contributed by atoms with Gasteiger partial charge in [-0.25, -0.2) is 0 Å². The Bertz CT molecular complexity index is 106. The molecule has 0 aromatic heterocycles. The summed E-state index contributed by atoms with van der Waals surface area (Å²) in [4.78, 5) is 0. The zero-order valence-corrected chi connectivity index (χ0v) is 6.80. The first-order valence-corrected chi connectivity index (χ1v) is 3.98. The third-order valence-corrected chi connectivity index (χ3v) is 2.21. The maximum absolute atomic E-state index is 5.07. The van der Waals surface area contributed by atoms with Crippen LogP contribution in [0.1, 0.15) is 6.92 Å². The first-order valence-electron chi connectivity index (χ1n) is 2.86. The van der Waals surface area contributed by atoms with Crippen molar-refractivity contribution in [2.75, 3.05) is 5.33 Å². The van der Waals surface area contributed by atoms with Crippen LogP contribution in [0.15, 0.2) is 12.5 Å². The Labute approximate surface area is 63.0 Å². The van der Waals surface area contributed by atoms with Gasteiger partial charge in [0.25, 0.3) is 0 Å². The number of hydrogen-bond acceptors (Lipinski definition) is 2. The summed E-state index contributed by atoms with van der Waals surface area (Å²) in [6.45, 7) is 2.06. The Hall–Kier alpha value is -0.180. The fourth-order valence-electron chi connectivity index (χ4n) is 0.592. The summed E-state index contributed by atoms with van der Waals surface area (Å²) in [6.07, 6.45) is 3.07. The minimum absolute atomic E-state index is 0.0793. The molecule has 0 bridgehead atoms. The summed E-state index contributed by atoms with van der Waals surface area (Å²) in [6, 6.07) is 0. The molecule has 0 N–H and O–H groups in total. The van der Waals surface area contributed by atoms with Crippen LogP contribution < -0.4 is 0 Å². The second-order valence-electron chi connectivity index (χ2n) is 2.04. The molecule has 0 aromatic rings. The van der Waals surface area contributed by atoms with Gasteiger partial charge in [0, 0.05) is 11.2 Å². The third-order valence-electron chi connectivity index (χ3n) is 1.19. The van der Waals surface area contributed by atoms with Gasteiger partial charge in [0.15, 0.2) is 0 Å². The van der Waals surface area contributed by atoms with Gasteiger partial charge in [-0.15, -0.1) is 0 Å². The molecule has 2 nitrogen and oxygen atoms in total. The summed E-state index contributed by atoms with van der Waals surface area (Å²) < 4.78 is 10.1. The van der Waals surface area contributed by atoms with Crippen molar-refractivity contribution in [1.29, 1.82) is 0 Å². The van der Waals surface area contributed by atoms with Crippen molar-refractivity contribution in [2.24, 2.45) is 5.92 Å². The first-order chi connectivity index (χ1) is 4.34. The summed E-state index contributed by atoms with van der Waals surface area (Å²) in [5.41, 5.74) is 0. The maximum atomic E-state index is 5.07. The molecule has 0 fully saturated rings. The molecule has 9 heavy (non-hydrogen) atoms. The van der Waals surface area contributed by atoms with Crippen LogP contribution >= 0.6 is 15.9 Å². The van der Waals surface area contributed by atoms with Crippen LogP contribution in [0.5, 0.6) is 0 Å². The second-order valence-corrected chi connectivity index (χ2v) is 2.69. The lowest BCUT2D eigenvalue weighted by atomic mass is 10.2. The van der Waals surface area contributed by atoms with E-state index in [-0.39, 0.29) is 6.29 Å². The predicted molar refractivity (Wildman–Crippen MR) is 38.1 cm³/mol. The predicted octanol–water partition coefficient (Wildman–Crippen LogP) is 1.86. The van der Waals surface area contributed by atoms with Gasteiger partial charge in [0.05, 0.1) is 0 Å². The van der Waals surface area contributed by atoms with Gasteiger partial charge in [0.1, 0.15) is 12.5 Å². The molecule has 0 aromatic carbocycles. The Morgan fingerprint density at radius 3 is 2.56 bits per heavy atom. The Balaban J connectivity index is 2.27. The van der Waals surface area contributed by atoms with E-state index in [1.807, 2.05) is 0 Å². The molecule has 1 aliphatic rings. The SMILES string of the molecule is CC(CBr)C1OC=CO1. The average molecular weight is 193 g/mol. The van der Waals surface area contributed by atoms with Crippen molar-refractivity contribution in [3.63, 3.8) is 0 Å². The number of hydrogen-bond donors (Lipinski definition) is 0. The van der Waals surface area contributed by atoms with E-state index in [0.717, 1.165) is 5.33 Å². The van der Waals surface area contributed by atoms with Crippen LogP contribution in [-0.2, 0) is 9.47 Å². The number of ether oxygens (including phenoxy) is 2. The highest BCUT2D eigenvalue weighted by atomic mass is 79.9. The minimum atomic E-state index is -0.0793. The fourth-order valence-corrected chi connectivity index (χ4v) is 0.897. The van der Waals surface area contributed by atoms with Gasteiger partial charge in [0.2, 0.25) is 6.29 Å². The van der Waals surface area contributed by atoms with Crippen molar-refractivity contribution < 1.29 is 9.47 Å². The lowest BCUT2D eigenvalue weighted by Gasteiger charge is -2.14. The molecule has 0 amide bonds. The van der Waals surface area contributed by atoms with E-state index in [9.17, 15) is 0 Å². The quantitative estimate of drug-likeness (QED) is 0.623. The van der Waals surface area contributed by atoms with Crippen LogP contribution in [0.3, 0.4) is 0 Å². The van der Waals surface area contributed by atoms with E-state index < -0.39 is 0 Å². The van der Waals surface area contributed by atoms with Gasteiger partial charge >= 0.3 is 0 Å². The summed E-state index contributed by atoms with van der Waals surface area (Å²) in [5.74, 6) is 0.403. The maximum Gasteiger partial charge on any atom is 0.242 e. The van der Waals surface area contributed by atoms with Gasteiger partial charge in [-0.1, -0.05) is 22.9 Å². The van der Waals surface area contributed by atoms with Crippen LogP contribution in [0.25, 0.3) is 0 Å². The van der Waals surface area contributed by atoms with E-state index in [2.05, 4.69) is 22.9 Å². The molecule has 1 atom stereocenters. The smallest absolute Gasteiger partial charge is 0.242 e. The minimum Gasteiger partial charge on any atom is -0.459 e. The topological polar surface area (TPSA) is 18.5 Å². The third kappa shape index (κ3) is 1.61. The van der Waals surface area contributed by atoms with E-state index in [1.54, 1.807) is 12.5 Å². The lowest BCUT2D eigenvalue weighted by Crippen LogP contribution is -2.19. The average Bonchev–Trinajstić information content (AvgIpc) is 2.37. The zero-order valence-electron chi connectivity index (χ0n) is 5.21. The lowest BCUT2D eigenvalue weighted by molar-refractivity contribution is -0.0542. The fraction of sp³-hybridized carbons (Fsp3) is 0.667. The second kappa shape index (κ2) is 3.11. The molecule has 3 heteroatoms. The van der Waals surface area contributed by atoms with Gasteiger partial charge in [-0.05, 0) is 0 Å². The highest BCUT2D eigenvalue weighted by Gasteiger charge is 2.19. The Kier molecular flexibility index (Phi) is 2.39. The van der Waals surface area contributed by atoms with Crippen molar-refractivity contribution in [2.45, 2.75) is 13.2 Å². The molecule has 0 spiro atoms. The number of rotatable bonds is 2. The molecule has 1 aliphatic heterocycles. The van der Waals surface area contributed by atoms with Crippen molar-refractivity contribution in [3.05, 3.63) is 12.5 Å². The molecule has 0 radical (unpaired) electrons. The van der Waals surface area contributed by atoms with Gasteiger partial charge < -0.3 is 9.47 Å². The standard InChI is InChI=1S/C6H9BrO2/c1-5(4-7)6-8-2-3-9-6/h2-3,5-6H,4H2,1H3. The van der Waals surface area contributed by atoms with Gasteiger partial charge in [-0.3, -0.25) is 0 Å². The molecule has 0 saturated carbocycles. The largest absolute Gasteiger partial charge is 0.459 e. The highest BCUT2D eigenvalue weighted by molar-refractivity contribution is 9.09. The molecule has 1 unspecified atom stereocenters. The van der Waals surface area contributed by atoms with Crippen molar-refractivity contribution >= 4 is 15.9 Å². The van der Waals surface area contributed by atoms with E-state index in [0.29, 0.717) is 5.92 Å². The first kappa shape index (κ1) is 6.93. The molecule has 1 heterocycles. The van der Waals surface area contributed by atoms with Crippen LogP contribution in [0, 0.1) is 5.92 Å². The van der Waals surface area contributed by atoms with Crippen LogP contribution in [0.2, 0.25) is 0 Å². The van der Waals surface area contributed by atoms with Crippen molar-refractivity contribution in [1.82, 2.24) is 0 Å². The molecule has 1 rings (SSSR count). The van der Waals surface area contributed by atoms with Crippen LogP contribution in [0.4, 0.5) is 0 Å². The monoisotopic (exact) mass is 192 g/mol. The van der Waals surface area contributed by atoms with E-state index in [4.69, 9.17) is 9.47 Å². The Morgan fingerprint density at radius 1 is 1.56 bits per heavy atom. The molecular formula is C6H9BrO2. The van der Waals surface area contributed by atoms with E-state index >= 15 is 0 Å². The molecule has 0 saturated heterocycles. The molecule has 0 aliphatic carbocycles. The van der Waals surface area contributed by atoms with Crippen LogP contribution in [-0.4, -0.2) is 11.6 Å². The van der Waals surface area contributed by atoms with Crippen molar-refractivity contribution in [3.8, 4) is 0 Å². The zero-order chi connectivity index (χ0) is 6.69. The Morgan fingerprint density at radius 2 is 2.11 bits per heavy atom. The summed E-state index contributed by atoms with van der Waals surface area (Å²) >= 11 is 3.34. The summed E-state index contributed by atoms with van der Waals surface area (Å²) in [5, 5.41) is 0.902. The normalized spacial score (nSPS) is 21.1. The molecule has 52 valence electrons. The van der Waals surface area contributed by atoms with Gasteiger partial charge in [-0.2, -0.15) is 0 Å². The molecular weight excluding hydrogens is 184 g/mol. The van der Waals surface area contributed by atoms with E-state index in [1.165, 1.54) is 0 Å². The number of halogens is 1. The summed E-state index contributed by atoms with van der Waals surface area (Å²) in [7, 11) is 0. The number of alkyl halides is 1. The highest BCUT2D eigenvalue weighted by Crippen LogP contribution is 2.16.